The number of fused-ring (bicyclic) bond motifs is 1. The molecule has 1 saturated carbocycles. The minimum atomic E-state index is -0.994. The van der Waals surface area contributed by atoms with Crippen molar-refractivity contribution in [3.05, 3.63) is 59.1 Å². The van der Waals surface area contributed by atoms with E-state index in [4.69, 9.17) is 10.7 Å². The van der Waals surface area contributed by atoms with Crippen molar-refractivity contribution in [2.45, 2.75) is 37.2 Å². The van der Waals surface area contributed by atoms with E-state index in [1.54, 1.807) is 16.9 Å². The number of hydrogen-bond acceptors (Lipinski definition) is 6. The van der Waals surface area contributed by atoms with E-state index in [1.807, 2.05) is 41.2 Å². The average molecular weight is 483 g/mol. The van der Waals surface area contributed by atoms with Crippen LogP contribution in [-0.2, 0) is 0 Å². The fraction of sp³-hybridized carbons (Fsp3) is 0.318. The van der Waals surface area contributed by atoms with Crippen molar-refractivity contribution in [1.82, 2.24) is 24.4 Å². The van der Waals surface area contributed by atoms with Gasteiger partial charge in [0, 0.05) is 23.2 Å². The van der Waals surface area contributed by atoms with E-state index in [9.17, 15) is 10.2 Å². The molecule has 0 atom stereocenters. The van der Waals surface area contributed by atoms with Crippen LogP contribution in [0.5, 0.6) is 0 Å². The molecule has 9 heteroatoms. The van der Waals surface area contributed by atoms with Crippen molar-refractivity contribution in [3.8, 4) is 16.8 Å². The van der Waals surface area contributed by atoms with Gasteiger partial charge in [0.25, 0.3) is 0 Å². The molecule has 1 aromatic carbocycles. The zero-order chi connectivity index (χ0) is 21.6. The van der Waals surface area contributed by atoms with Gasteiger partial charge in [0.05, 0.1) is 40.5 Å². The van der Waals surface area contributed by atoms with E-state index in [1.165, 1.54) is 0 Å². The summed E-state index contributed by atoms with van der Waals surface area (Å²) in [5.74, 6) is 0.632. The van der Waals surface area contributed by atoms with E-state index in [-0.39, 0.29) is 12.5 Å². The molecule has 0 bridgehead atoms. The molecule has 1 fully saturated rings. The van der Waals surface area contributed by atoms with Crippen LogP contribution in [0.25, 0.3) is 22.5 Å². The minimum absolute atomic E-state index is 0.142. The highest BCUT2D eigenvalue weighted by Gasteiger charge is 2.35. The van der Waals surface area contributed by atoms with Gasteiger partial charge in [0.2, 0.25) is 0 Å². The van der Waals surface area contributed by atoms with Gasteiger partial charge in [-0.05, 0) is 53.7 Å². The molecule has 160 valence electrons. The molecule has 0 spiro atoms. The summed E-state index contributed by atoms with van der Waals surface area (Å²) >= 11 is 3.61. The smallest absolute Gasteiger partial charge is 0.165 e. The third-order valence-corrected chi connectivity index (χ3v) is 6.97. The van der Waals surface area contributed by atoms with Crippen LogP contribution in [0.4, 0.5) is 5.82 Å². The summed E-state index contributed by atoms with van der Waals surface area (Å²) in [4.78, 5) is 4.94. The molecule has 31 heavy (non-hydrogen) atoms. The highest BCUT2D eigenvalue weighted by molar-refractivity contribution is 9.10. The Morgan fingerprint density at radius 2 is 1.87 bits per heavy atom. The van der Waals surface area contributed by atoms with Gasteiger partial charge in [-0.25, -0.2) is 9.67 Å². The second-order valence-electron chi connectivity index (χ2n) is 8.16. The molecule has 1 aliphatic carbocycles. The van der Waals surface area contributed by atoms with Gasteiger partial charge in [0.1, 0.15) is 5.82 Å². The predicted molar refractivity (Wildman–Crippen MR) is 121 cm³/mol. The Morgan fingerprint density at radius 3 is 2.58 bits per heavy atom. The Kier molecular flexibility index (Phi) is 5.04. The van der Waals surface area contributed by atoms with Gasteiger partial charge >= 0.3 is 0 Å². The zero-order valence-corrected chi connectivity index (χ0v) is 18.4. The summed E-state index contributed by atoms with van der Waals surface area (Å²) in [6, 6.07) is 9.90. The van der Waals surface area contributed by atoms with Crippen LogP contribution in [-0.4, -0.2) is 46.8 Å². The lowest BCUT2D eigenvalue weighted by molar-refractivity contribution is -0.0458. The lowest BCUT2D eigenvalue weighted by Gasteiger charge is -2.34. The Hall–Kier alpha value is -2.75. The number of nitrogens with two attached hydrogens (primary N) is 1. The molecule has 0 saturated heterocycles. The number of aromatic nitrogens is 5. The van der Waals surface area contributed by atoms with Gasteiger partial charge in [-0.3, -0.25) is 0 Å². The first-order valence-corrected chi connectivity index (χ1v) is 11.0. The number of nitrogens with zero attached hydrogens (tertiary/aromatic N) is 5. The molecule has 5 rings (SSSR count). The highest BCUT2D eigenvalue weighted by atomic mass is 79.9. The van der Waals surface area contributed by atoms with E-state index < -0.39 is 5.60 Å². The third-order valence-electron chi connectivity index (χ3n) is 6.16. The Morgan fingerprint density at radius 1 is 1.13 bits per heavy atom. The van der Waals surface area contributed by atoms with E-state index >= 15 is 0 Å². The molecule has 0 radical (unpaired) electrons. The predicted octanol–water partition coefficient (Wildman–Crippen LogP) is 3.31. The van der Waals surface area contributed by atoms with Gasteiger partial charge in [0.15, 0.2) is 5.65 Å². The maximum atomic E-state index is 10.4. The number of benzene rings is 1. The van der Waals surface area contributed by atoms with Crippen LogP contribution < -0.4 is 5.73 Å². The summed E-state index contributed by atoms with van der Waals surface area (Å²) < 4.78 is 4.18. The quantitative estimate of drug-likeness (QED) is 0.411. The van der Waals surface area contributed by atoms with Crippen LogP contribution in [0.15, 0.2) is 53.4 Å². The zero-order valence-electron chi connectivity index (χ0n) is 16.8. The second-order valence-corrected chi connectivity index (χ2v) is 8.95. The fourth-order valence-corrected chi connectivity index (χ4v) is 4.84. The van der Waals surface area contributed by atoms with Gasteiger partial charge in [-0.2, -0.15) is 14.7 Å². The first-order chi connectivity index (χ1) is 15.0. The molecular formula is C22H23BrN6O2. The van der Waals surface area contributed by atoms with Crippen LogP contribution in [0.2, 0.25) is 0 Å². The summed E-state index contributed by atoms with van der Waals surface area (Å²) in [5, 5.41) is 28.8. The number of aliphatic hydroxyl groups is 2. The van der Waals surface area contributed by atoms with Gasteiger partial charge in [-0.15, -0.1) is 0 Å². The molecule has 8 nitrogen and oxygen atoms in total. The number of rotatable bonds is 4. The Labute approximate surface area is 187 Å². The lowest BCUT2D eigenvalue weighted by atomic mass is 9.78. The van der Waals surface area contributed by atoms with Crippen LogP contribution in [0.1, 0.15) is 37.3 Å². The topological polar surface area (TPSA) is 114 Å². The molecule has 1 aliphatic rings. The van der Waals surface area contributed by atoms with Crippen molar-refractivity contribution in [2.24, 2.45) is 0 Å². The Bertz CT molecular complexity index is 1230. The van der Waals surface area contributed by atoms with Crippen LogP contribution >= 0.6 is 15.9 Å². The van der Waals surface area contributed by atoms with Gasteiger partial charge < -0.3 is 15.9 Å². The van der Waals surface area contributed by atoms with E-state index in [0.29, 0.717) is 24.3 Å². The third kappa shape index (κ3) is 3.52. The summed E-state index contributed by atoms with van der Waals surface area (Å²) in [6.45, 7) is -0.215. The standard InChI is InChI=1S/C22H23BrN6O2/c23-18-19(14-6-8-22(31,13-30)9-7-14)27-21-17(11-26-29(21)20(18)24)15-10-25-28(12-15)16-4-2-1-3-5-16/h1-5,10-12,14,30-31H,6-9,13,24H2. The number of hydrogen-bond donors (Lipinski definition) is 3. The second kappa shape index (κ2) is 7.74. The molecule has 0 amide bonds. The molecule has 3 heterocycles. The number of anilines is 1. The van der Waals surface area contributed by atoms with Crippen molar-refractivity contribution in [3.63, 3.8) is 0 Å². The molecule has 0 aliphatic heterocycles. The summed E-state index contributed by atoms with van der Waals surface area (Å²) in [5.41, 5.74) is 9.66. The number of nitrogen functional groups attached to an aromatic ring is 1. The van der Waals surface area contributed by atoms with Crippen molar-refractivity contribution in [2.75, 3.05) is 12.3 Å². The van der Waals surface area contributed by atoms with Crippen molar-refractivity contribution in [1.29, 1.82) is 0 Å². The molecule has 4 aromatic rings. The largest absolute Gasteiger partial charge is 0.393 e. The van der Waals surface area contributed by atoms with Crippen LogP contribution in [0, 0.1) is 0 Å². The summed E-state index contributed by atoms with van der Waals surface area (Å²) in [6.07, 6.45) is 8.03. The number of aliphatic hydroxyl groups excluding tert-OH is 1. The maximum absolute atomic E-state index is 10.4. The lowest BCUT2D eigenvalue weighted by Crippen LogP contribution is -2.37. The van der Waals surface area contributed by atoms with Crippen molar-refractivity contribution >= 4 is 27.4 Å². The van der Waals surface area contributed by atoms with E-state index in [2.05, 4.69) is 26.1 Å². The first-order valence-electron chi connectivity index (χ1n) is 10.3. The SMILES string of the molecule is Nc1c(Br)c(C2CCC(O)(CO)CC2)nc2c(-c3cnn(-c4ccccc4)c3)cnn12. The molecule has 4 N–H and O–H groups in total. The van der Waals surface area contributed by atoms with Gasteiger partial charge in [-0.1, -0.05) is 18.2 Å². The molecular weight excluding hydrogens is 460 g/mol. The van der Waals surface area contributed by atoms with Crippen LogP contribution in [0.3, 0.4) is 0 Å². The number of halogens is 1. The maximum Gasteiger partial charge on any atom is 0.165 e. The molecule has 3 aromatic heterocycles. The Balaban J connectivity index is 1.54. The first kappa shape index (κ1) is 20.2. The average Bonchev–Trinajstić information content (AvgIpc) is 3.45. The summed E-state index contributed by atoms with van der Waals surface area (Å²) in [7, 11) is 0. The highest BCUT2D eigenvalue weighted by Crippen LogP contribution is 2.41. The normalized spacial score (nSPS) is 21.6. The molecule has 0 unspecified atom stereocenters. The number of para-hydroxylation sites is 1. The van der Waals surface area contributed by atoms with E-state index in [0.717, 1.165) is 39.8 Å². The van der Waals surface area contributed by atoms with Crippen molar-refractivity contribution < 1.29 is 10.2 Å². The fourth-order valence-electron chi connectivity index (χ4n) is 4.26. The monoisotopic (exact) mass is 482 g/mol. The minimum Gasteiger partial charge on any atom is -0.393 e.